The second-order valence-electron chi connectivity index (χ2n) is 2.09. The molecule has 57 valence electrons. The van der Waals surface area contributed by atoms with Crippen molar-refractivity contribution in [3.63, 3.8) is 0 Å². The molecule has 3 nitrogen and oxygen atoms in total. The SMILES string of the molecule is O=C(O)c1c[c]cc(CO)c1. The zero-order valence-corrected chi connectivity index (χ0v) is 5.74. The number of carbonyl (C=O) groups is 1. The molecule has 0 heterocycles. The number of aliphatic hydroxyl groups excluding tert-OH is 1. The van der Waals surface area contributed by atoms with Crippen LogP contribution in [0.4, 0.5) is 0 Å². The van der Waals surface area contributed by atoms with Crippen LogP contribution in [0.5, 0.6) is 0 Å². The van der Waals surface area contributed by atoms with E-state index < -0.39 is 5.97 Å². The van der Waals surface area contributed by atoms with Gasteiger partial charge in [0.15, 0.2) is 0 Å². The predicted octanol–water partition coefficient (Wildman–Crippen LogP) is 0.677. The van der Waals surface area contributed by atoms with E-state index in [4.69, 9.17) is 10.2 Å². The Kier molecular flexibility index (Phi) is 2.23. The van der Waals surface area contributed by atoms with Gasteiger partial charge in [-0.3, -0.25) is 0 Å². The molecule has 0 saturated heterocycles. The molecule has 1 aromatic carbocycles. The first-order chi connectivity index (χ1) is 5.24. The van der Waals surface area contributed by atoms with Gasteiger partial charge in [0.2, 0.25) is 0 Å². The summed E-state index contributed by atoms with van der Waals surface area (Å²) in [6, 6.07) is 6.95. The lowest BCUT2D eigenvalue weighted by molar-refractivity contribution is 0.0696. The third kappa shape index (κ3) is 1.78. The van der Waals surface area contributed by atoms with Gasteiger partial charge in [-0.05, 0) is 29.8 Å². The van der Waals surface area contributed by atoms with E-state index in [1.165, 1.54) is 12.1 Å². The van der Waals surface area contributed by atoms with Crippen molar-refractivity contribution in [2.45, 2.75) is 6.61 Å². The maximum Gasteiger partial charge on any atom is 0.335 e. The van der Waals surface area contributed by atoms with Crippen LogP contribution in [0.1, 0.15) is 15.9 Å². The molecule has 1 aromatic rings. The molecule has 0 unspecified atom stereocenters. The molecular weight excluding hydrogens is 144 g/mol. The lowest BCUT2D eigenvalue weighted by atomic mass is 10.1. The lowest BCUT2D eigenvalue weighted by Crippen LogP contribution is -1.96. The molecule has 3 heteroatoms. The Bertz CT molecular complexity index is 268. The summed E-state index contributed by atoms with van der Waals surface area (Å²) >= 11 is 0. The normalized spacial score (nSPS) is 9.55. The third-order valence-electron chi connectivity index (χ3n) is 1.28. The second kappa shape index (κ2) is 3.16. The molecule has 0 atom stereocenters. The average molecular weight is 151 g/mol. The average Bonchev–Trinajstić information content (AvgIpc) is 2.05. The van der Waals surface area contributed by atoms with E-state index in [1.807, 2.05) is 0 Å². The highest BCUT2D eigenvalue weighted by Crippen LogP contribution is 2.03. The minimum Gasteiger partial charge on any atom is -0.478 e. The van der Waals surface area contributed by atoms with Gasteiger partial charge in [-0.25, -0.2) is 4.79 Å². The van der Waals surface area contributed by atoms with Crippen molar-refractivity contribution < 1.29 is 15.0 Å². The van der Waals surface area contributed by atoms with Gasteiger partial charge in [0.25, 0.3) is 0 Å². The first-order valence-corrected chi connectivity index (χ1v) is 3.08. The van der Waals surface area contributed by atoms with Crippen molar-refractivity contribution in [1.29, 1.82) is 0 Å². The van der Waals surface area contributed by atoms with E-state index in [0.29, 0.717) is 5.56 Å². The van der Waals surface area contributed by atoms with Gasteiger partial charge in [0.05, 0.1) is 12.2 Å². The Morgan fingerprint density at radius 3 is 2.82 bits per heavy atom. The van der Waals surface area contributed by atoms with Gasteiger partial charge in [0.1, 0.15) is 0 Å². The molecule has 0 aromatic heterocycles. The maximum atomic E-state index is 10.4. The zero-order valence-electron chi connectivity index (χ0n) is 5.74. The van der Waals surface area contributed by atoms with Gasteiger partial charge in [0, 0.05) is 0 Å². The molecule has 11 heavy (non-hydrogen) atoms. The highest BCUT2D eigenvalue weighted by atomic mass is 16.4. The van der Waals surface area contributed by atoms with Gasteiger partial charge in [-0.15, -0.1) is 0 Å². The molecular formula is C8H7O3. The molecule has 1 radical (unpaired) electrons. The number of hydrogen-bond acceptors (Lipinski definition) is 2. The van der Waals surface area contributed by atoms with Crippen LogP contribution in [-0.4, -0.2) is 16.2 Å². The largest absolute Gasteiger partial charge is 0.478 e. The van der Waals surface area contributed by atoms with Crippen molar-refractivity contribution in [2.24, 2.45) is 0 Å². The molecule has 0 aliphatic carbocycles. The van der Waals surface area contributed by atoms with E-state index in [-0.39, 0.29) is 12.2 Å². The molecule has 0 saturated carbocycles. The summed E-state index contributed by atoms with van der Waals surface area (Å²) in [5.74, 6) is -1.00. The fourth-order valence-electron chi connectivity index (χ4n) is 0.736. The highest BCUT2D eigenvalue weighted by molar-refractivity contribution is 5.87. The minimum absolute atomic E-state index is 0.150. The monoisotopic (exact) mass is 151 g/mol. The molecule has 0 bridgehead atoms. The van der Waals surface area contributed by atoms with Crippen molar-refractivity contribution in [1.82, 2.24) is 0 Å². The Morgan fingerprint density at radius 2 is 2.27 bits per heavy atom. The fourth-order valence-corrected chi connectivity index (χ4v) is 0.736. The van der Waals surface area contributed by atoms with Crippen LogP contribution >= 0.6 is 0 Å². The summed E-state index contributed by atoms with van der Waals surface area (Å²) in [5.41, 5.74) is 0.710. The third-order valence-corrected chi connectivity index (χ3v) is 1.28. The second-order valence-corrected chi connectivity index (χ2v) is 2.09. The van der Waals surface area contributed by atoms with Crippen LogP contribution in [0.25, 0.3) is 0 Å². The molecule has 1 rings (SSSR count). The van der Waals surface area contributed by atoms with Crippen molar-refractivity contribution in [3.05, 3.63) is 35.4 Å². The van der Waals surface area contributed by atoms with Crippen molar-refractivity contribution in [3.8, 4) is 0 Å². The molecule has 0 fully saturated rings. The number of carboxylic acid groups (broad SMARTS) is 1. The van der Waals surface area contributed by atoms with E-state index in [9.17, 15) is 4.79 Å². The zero-order chi connectivity index (χ0) is 8.27. The first-order valence-electron chi connectivity index (χ1n) is 3.08. The molecule has 0 spiro atoms. The predicted molar refractivity (Wildman–Crippen MR) is 38.2 cm³/mol. The topological polar surface area (TPSA) is 57.5 Å². The Hall–Kier alpha value is -1.35. The summed E-state index contributed by atoms with van der Waals surface area (Å²) in [5, 5.41) is 17.1. The fraction of sp³-hybridized carbons (Fsp3) is 0.125. The maximum absolute atomic E-state index is 10.4. The van der Waals surface area contributed by atoms with Crippen LogP contribution in [0.15, 0.2) is 18.2 Å². The molecule has 2 N–H and O–H groups in total. The van der Waals surface area contributed by atoms with Crippen LogP contribution in [0, 0.1) is 6.07 Å². The van der Waals surface area contributed by atoms with Gasteiger partial charge >= 0.3 is 5.97 Å². The number of aromatic carboxylic acids is 1. The van der Waals surface area contributed by atoms with Gasteiger partial charge < -0.3 is 10.2 Å². The Morgan fingerprint density at radius 1 is 1.55 bits per heavy atom. The van der Waals surface area contributed by atoms with Crippen LogP contribution in [0.3, 0.4) is 0 Å². The molecule has 0 amide bonds. The summed E-state index contributed by atoms with van der Waals surface area (Å²) in [4.78, 5) is 10.4. The lowest BCUT2D eigenvalue weighted by Gasteiger charge is -1.96. The highest BCUT2D eigenvalue weighted by Gasteiger charge is 2.01. The van der Waals surface area contributed by atoms with E-state index in [1.54, 1.807) is 6.07 Å². The number of aliphatic hydroxyl groups is 1. The minimum atomic E-state index is -1.00. The van der Waals surface area contributed by atoms with Gasteiger partial charge in [-0.1, -0.05) is 0 Å². The van der Waals surface area contributed by atoms with Crippen LogP contribution < -0.4 is 0 Å². The standard InChI is InChI=1S/C8H7O3/c9-5-6-2-1-3-7(4-6)8(10)11/h2-4,9H,5H2,(H,10,11). The van der Waals surface area contributed by atoms with Gasteiger partial charge in [-0.2, -0.15) is 0 Å². The molecule has 0 aliphatic heterocycles. The summed E-state index contributed by atoms with van der Waals surface area (Å²) in [6.07, 6.45) is 0. The summed E-state index contributed by atoms with van der Waals surface area (Å²) < 4.78 is 0. The molecule has 0 aliphatic rings. The Labute approximate surface area is 63.9 Å². The summed E-state index contributed by atoms with van der Waals surface area (Å²) in [6.45, 7) is -0.155. The first kappa shape index (κ1) is 7.75. The van der Waals surface area contributed by atoms with E-state index in [0.717, 1.165) is 0 Å². The van der Waals surface area contributed by atoms with Crippen molar-refractivity contribution >= 4 is 5.97 Å². The number of benzene rings is 1. The van der Waals surface area contributed by atoms with Crippen LogP contribution in [-0.2, 0) is 6.61 Å². The Balaban J connectivity index is 3.01. The van der Waals surface area contributed by atoms with Crippen molar-refractivity contribution in [2.75, 3.05) is 0 Å². The smallest absolute Gasteiger partial charge is 0.335 e. The number of hydrogen-bond donors (Lipinski definition) is 2. The van der Waals surface area contributed by atoms with E-state index in [2.05, 4.69) is 6.07 Å². The number of carboxylic acids is 1. The summed E-state index contributed by atoms with van der Waals surface area (Å²) in [7, 11) is 0. The quantitative estimate of drug-likeness (QED) is 0.653. The van der Waals surface area contributed by atoms with E-state index >= 15 is 0 Å². The van der Waals surface area contributed by atoms with Crippen LogP contribution in [0.2, 0.25) is 0 Å². The number of rotatable bonds is 2.